The van der Waals surface area contributed by atoms with E-state index in [0.29, 0.717) is 0 Å². The molecule has 0 saturated heterocycles. The monoisotopic (exact) mass is 348 g/mol. The van der Waals surface area contributed by atoms with Crippen molar-refractivity contribution in [3.8, 4) is 17.2 Å². The lowest BCUT2D eigenvalue weighted by molar-refractivity contribution is 0.0974. The van der Waals surface area contributed by atoms with Gasteiger partial charge >= 0.3 is 0 Å². The molecular weight excluding hydrogens is 332 g/mol. The number of fused-ring (bicyclic) bond motifs is 3. The quantitative estimate of drug-likeness (QED) is 0.480. The van der Waals surface area contributed by atoms with Crippen molar-refractivity contribution in [3.63, 3.8) is 0 Å². The molecule has 4 rings (SSSR count). The average Bonchev–Trinajstić information content (AvgIpc) is 2.62. The lowest BCUT2D eigenvalue weighted by Crippen LogP contribution is -2.21. The summed E-state index contributed by atoms with van der Waals surface area (Å²) in [5, 5.41) is 31.4. The highest BCUT2D eigenvalue weighted by molar-refractivity contribution is 6.32. The lowest BCUT2D eigenvalue weighted by Gasteiger charge is -2.22. The maximum atomic E-state index is 13.0. The van der Waals surface area contributed by atoms with E-state index in [-0.39, 0.29) is 38.8 Å². The zero-order chi connectivity index (χ0) is 18.6. The molecule has 0 fully saturated rings. The minimum atomic E-state index is -0.546. The number of ketones is 2. The van der Waals surface area contributed by atoms with Crippen LogP contribution in [0.4, 0.5) is 0 Å². The van der Waals surface area contributed by atoms with Crippen molar-refractivity contribution in [3.05, 3.63) is 64.2 Å². The van der Waals surface area contributed by atoms with Gasteiger partial charge in [-0.25, -0.2) is 0 Å². The number of aromatic hydroxyl groups is 3. The summed E-state index contributed by atoms with van der Waals surface area (Å²) in [6.45, 7) is 2.02. The third-order valence-corrected chi connectivity index (χ3v) is 4.82. The number of benzene rings is 3. The van der Waals surface area contributed by atoms with Gasteiger partial charge in [0.2, 0.25) is 0 Å². The first-order valence-corrected chi connectivity index (χ1v) is 8.37. The Kier molecular flexibility index (Phi) is 3.47. The predicted molar refractivity (Wildman–Crippen MR) is 96.2 cm³/mol. The molecule has 130 valence electrons. The molecule has 0 bridgehead atoms. The maximum absolute atomic E-state index is 13.0. The molecule has 0 aliphatic heterocycles. The van der Waals surface area contributed by atoms with Crippen molar-refractivity contribution in [2.45, 2.75) is 19.8 Å². The fourth-order valence-electron chi connectivity index (χ4n) is 3.62. The van der Waals surface area contributed by atoms with E-state index >= 15 is 0 Å². The van der Waals surface area contributed by atoms with Crippen LogP contribution in [0.3, 0.4) is 0 Å². The Balaban J connectivity index is 2.07. The van der Waals surface area contributed by atoms with Crippen LogP contribution in [-0.2, 0) is 6.42 Å². The molecule has 1 aliphatic rings. The van der Waals surface area contributed by atoms with Gasteiger partial charge in [0.25, 0.3) is 0 Å². The average molecular weight is 348 g/mol. The molecule has 0 amide bonds. The molecule has 3 aromatic carbocycles. The van der Waals surface area contributed by atoms with Crippen LogP contribution >= 0.6 is 0 Å². The van der Waals surface area contributed by atoms with Crippen molar-refractivity contribution >= 4 is 22.3 Å². The summed E-state index contributed by atoms with van der Waals surface area (Å²) in [4.78, 5) is 26.0. The summed E-state index contributed by atoms with van der Waals surface area (Å²) in [5.41, 5.74) is 0.858. The van der Waals surface area contributed by atoms with Gasteiger partial charge in [-0.05, 0) is 24.1 Å². The molecule has 0 aromatic heterocycles. The summed E-state index contributed by atoms with van der Waals surface area (Å²) in [5.74, 6) is -2.23. The van der Waals surface area contributed by atoms with Gasteiger partial charge in [0.05, 0.1) is 16.5 Å². The Labute approximate surface area is 149 Å². The molecule has 0 spiro atoms. The number of carbonyl (C=O) groups excluding carboxylic acids is 2. The van der Waals surface area contributed by atoms with Crippen molar-refractivity contribution in [2.24, 2.45) is 0 Å². The summed E-state index contributed by atoms with van der Waals surface area (Å²) >= 11 is 0. The highest BCUT2D eigenvalue weighted by Gasteiger charge is 2.36. The Morgan fingerprint density at radius 2 is 1.54 bits per heavy atom. The van der Waals surface area contributed by atoms with Crippen molar-refractivity contribution in [2.75, 3.05) is 0 Å². The molecular formula is C21H16O5. The Morgan fingerprint density at radius 3 is 2.27 bits per heavy atom. The fourth-order valence-corrected chi connectivity index (χ4v) is 3.62. The molecule has 0 atom stereocenters. The molecule has 5 heteroatoms. The molecule has 0 unspecified atom stereocenters. The van der Waals surface area contributed by atoms with Crippen LogP contribution in [0.25, 0.3) is 10.8 Å². The second kappa shape index (κ2) is 5.59. The molecule has 3 aromatic rings. The van der Waals surface area contributed by atoms with E-state index in [9.17, 15) is 24.9 Å². The van der Waals surface area contributed by atoms with Gasteiger partial charge in [-0.2, -0.15) is 0 Å². The van der Waals surface area contributed by atoms with Crippen LogP contribution in [0, 0.1) is 0 Å². The van der Waals surface area contributed by atoms with Crippen molar-refractivity contribution in [1.29, 1.82) is 0 Å². The Bertz CT molecular complexity index is 1110. The highest BCUT2D eigenvalue weighted by atomic mass is 16.3. The number of hydrogen-bond acceptors (Lipinski definition) is 5. The molecule has 1 aliphatic carbocycles. The van der Waals surface area contributed by atoms with Gasteiger partial charge in [0.15, 0.2) is 11.6 Å². The smallest absolute Gasteiger partial charge is 0.198 e. The van der Waals surface area contributed by atoms with Crippen LogP contribution in [-0.4, -0.2) is 26.9 Å². The standard InChI is InChI=1S/C21H16O5/c1-2-4-10-7-8-11-13(9-10)20(25)16-17(18(11)23)21(26)15-12(19(16)24)5-3-6-14(15)22/h3,5-9,22,24,26H,2,4H2,1H3. The summed E-state index contributed by atoms with van der Waals surface area (Å²) < 4.78 is 0. The third kappa shape index (κ3) is 2.03. The molecule has 26 heavy (non-hydrogen) atoms. The number of rotatable bonds is 2. The first kappa shape index (κ1) is 16.1. The minimum absolute atomic E-state index is 0.0454. The maximum Gasteiger partial charge on any atom is 0.198 e. The van der Waals surface area contributed by atoms with E-state index in [1.807, 2.05) is 6.92 Å². The van der Waals surface area contributed by atoms with Crippen LogP contribution < -0.4 is 0 Å². The number of hydrogen-bond donors (Lipinski definition) is 3. The summed E-state index contributed by atoms with van der Waals surface area (Å²) in [6, 6.07) is 9.35. The van der Waals surface area contributed by atoms with Crippen LogP contribution in [0.2, 0.25) is 0 Å². The molecule has 0 radical (unpaired) electrons. The third-order valence-electron chi connectivity index (χ3n) is 4.82. The SMILES string of the molecule is CCCc1ccc2c(c1)C(=O)c1c(c(O)c3c(O)cccc3c1O)C2=O. The normalized spacial score (nSPS) is 13.0. The second-order valence-electron chi connectivity index (χ2n) is 6.44. The van der Waals surface area contributed by atoms with Gasteiger partial charge in [-0.3, -0.25) is 9.59 Å². The highest BCUT2D eigenvalue weighted by Crippen LogP contribution is 2.46. The molecule has 0 heterocycles. The number of carbonyl (C=O) groups is 2. The fraction of sp³-hybridized carbons (Fsp3) is 0.143. The lowest BCUT2D eigenvalue weighted by atomic mass is 9.80. The first-order chi connectivity index (χ1) is 12.5. The number of phenolic OH excluding ortho intramolecular Hbond substituents is 3. The van der Waals surface area contributed by atoms with Gasteiger partial charge < -0.3 is 15.3 Å². The van der Waals surface area contributed by atoms with E-state index in [0.717, 1.165) is 18.4 Å². The van der Waals surface area contributed by atoms with Crippen molar-refractivity contribution < 1.29 is 24.9 Å². The largest absolute Gasteiger partial charge is 0.507 e. The van der Waals surface area contributed by atoms with Crippen molar-refractivity contribution in [1.82, 2.24) is 0 Å². The number of phenols is 3. The van der Waals surface area contributed by atoms with Crippen LogP contribution in [0.1, 0.15) is 50.8 Å². The minimum Gasteiger partial charge on any atom is -0.507 e. The zero-order valence-corrected chi connectivity index (χ0v) is 14.0. The van der Waals surface area contributed by atoms with E-state index in [4.69, 9.17) is 0 Å². The topological polar surface area (TPSA) is 94.8 Å². The Hall–Kier alpha value is -3.34. The predicted octanol–water partition coefficient (Wildman–Crippen LogP) is 3.68. The molecule has 0 saturated carbocycles. The first-order valence-electron chi connectivity index (χ1n) is 8.37. The zero-order valence-electron chi connectivity index (χ0n) is 14.0. The van der Waals surface area contributed by atoms with Crippen LogP contribution in [0.15, 0.2) is 36.4 Å². The summed E-state index contributed by atoms with van der Waals surface area (Å²) in [7, 11) is 0. The second-order valence-corrected chi connectivity index (χ2v) is 6.44. The van der Waals surface area contributed by atoms with Crippen LogP contribution in [0.5, 0.6) is 17.2 Å². The van der Waals surface area contributed by atoms with E-state index < -0.39 is 23.1 Å². The Morgan fingerprint density at radius 1 is 0.846 bits per heavy atom. The number of aryl methyl sites for hydroxylation is 1. The van der Waals surface area contributed by atoms with Gasteiger partial charge in [-0.1, -0.05) is 37.6 Å². The van der Waals surface area contributed by atoms with E-state index in [1.165, 1.54) is 18.2 Å². The van der Waals surface area contributed by atoms with E-state index in [2.05, 4.69) is 0 Å². The van der Waals surface area contributed by atoms with E-state index in [1.54, 1.807) is 18.2 Å². The molecule has 3 N–H and O–H groups in total. The summed E-state index contributed by atoms with van der Waals surface area (Å²) in [6.07, 6.45) is 1.66. The van der Waals surface area contributed by atoms with Gasteiger partial charge in [0, 0.05) is 16.5 Å². The van der Waals surface area contributed by atoms with Gasteiger partial charge in [0.1, 0.15) is 17.2 Å². The van der Waals surface area contributed by atoms with Gasteiger partial charge in [-0.15, -0.1) is 0 Å². The molecule has 5 nitrogen and oxygen atoms in total.